The number of rotatable bonds is 6. The standard InChI is InChI=1S/C26H27NO5S/c1-18(2)32-26(29)21-14-12-19(13-15-21)16-23-25(28)22-10-6-7-11-24(22)33(30,31)27(23)17-20-8-4-3-5-9-20/h3-15,18,23,25,28H,16-17H2,1-2H3/t23-,25+/m1/s1. The lowest BCUT2D eigenvalue weighted by Gasteiger charge is -2.39. The smallest absolute Gasteiger partial charge is 0.338 e. The van der Waals surface area contributed by atoms with E-state index in [4.69, 9.17) is 4.74 Å². The first-order valence-electron chi connectivity index (χ1n) is 10.9. The predicted molar refractivity (Wildman–Crippen MR) is 125 cm³/mol. The Morgan fingerprint density at radius 2 is 1.58 bits per heavy atom. The minimum Gasteiger partial charge on any atom is -0.459 e. The predicted octanol–water partition coefficient (Wildman–Crippen LogP) is 4.10. The molecule has 0 aliphatic carbocycles. The van der Waals surface area contributed by atoms with Gasteiger partial charge in [-0.05, 0) is 49.6 Å². The molecule has 3 aromatic rings. The van der Waals surface area contributed by atoms with E-state index in [0.717, 1.165) is 11.1 Å². The molecule has 0 aromatic heterocycles. The van der Waals surface area contributed by atoms with Crippen molar-refractivity contribution in [1.29, 1.82) is 0 Å². The van der Waals surface area contributed by atoms with Gasteiger partial charge in [-0.1, -0.05) is 60.7 Å². The molecule has 7 heteroatoms. The molecule has 0 fully saturated rings. The zero-order valence-corrected chi connectivity index (χ0v) is 19.4. The monoisotopic (exact) mass is 465 g/mol. The van der Waals surface area contributed by atoms with Crippen LogP contribution in [0.3, 0.4) is 0 Å². The molecule has 0 saturated heterocycles. The van der Waals surface area contributed by atoms with E-state index in [1.165, 1.54) is 10.4 Å². The number of ether oxygens (including phenoxy) is 1. The van der Waals surface area contributed by atoms with Crippen molar-refractivity contribution >= 4 is 16.0 Å². The van der Waals surface area contributed by atoms with Crippen molar-refractivity contribution in [1.82, 2.24) is 4.31 Å². The minimum atomic E-state index is -3.82. The number of carbonyl (C=O) groups is 1. The Labute approximate surface area is 194 Å². The zero-order valence-electron chi connectivity index (χ0n) is 18.6. The number of sulfonamides is 1. The third-order valence-corrected chi connectivity index (χ3v) is 7.66. The summed E-state index contributed by atoms with van der Waals surface area (Å²) >= 11 is 0. The zero-order chi connectivity index (χ0) is 23.6. The van der Waals surface area contributed by atoms with Gasteiger partial charge in [0.2, 0.25) is 10.0 Å². The van der Waals surface area contributed by atoms with E-state index in [2.05, 4.69) is 0 Å². The molecule has 0 spiro atoms. The van der Waals surface area contributed by atoms with Crippen molar-refractivity contribution in [2.45, 2.75) is 50.0 Å². The Bertz CT molecular complexity index is 1220. The number of aliphatic hydroxyl groups is 1. The molecule has 33 heavy (non-hydrogen) atoms. The Balaban J connectivity index is 1.67. The fraction of sp³-hybridized carbons (Fsp3) is 0.269. The third kappa shape index (κ3) is 4.85. The van der Waals surface area contributed by atoms with E-state index < -0.39 is 28.1 Å². The first-order chi connectivity index (χ1) is 15.8. The van der Waals surface area contributed by atoms with Gasteiger partial charge in [-0.15, -0.1) is 0 Å². The van der Waals surface area contributed by atoms with Gasteiger partial charge in [0.15, 0.2) is 0 Å². The molecular formula is C26H27NO5S. The van der Waals surface area contributed by atoms with E-state index in [-0.39, 0.29) is 17.5 Å². The summed E-state index contributed by atoms with van der Waals surface area (Å²) in [5, 5.41) is 11.2. The van der Waals surface area contributed by atoms with Gasteiger partial charge in [-0.2, -0.15) is 4.31 Å². The second kappa shape index (κ2) is 9.47. The molecule has 1 heterocycles. The first kappa shape index (κ1) is 23.2. The molecule has 0 radical (unpaired) electrons. The van der Waals surface area contributed by atoms with Crippen molar-refractivity contribution in [2.75, 3.05) is 0 Å². The molecular weight excluding hydrogens is 438 g/mol. The highest BCUT2D eigenvalue weighted by atomic mass is 32.2. The maximum atomic E-state index is 13.6. The number of esters is 1. The molecule has 2 atom stereocenters. The van der Waals surface area contributed by atoms with Gasteiger partial charge in [-0.25, -0.2) is 13.2 Å². The number of carbonyl (C=O) groups excluding carboxylic acids is 1. The summed E-state index contributed by atoms with van der Waals surface area (Å²) in [6.45, 7) is 3.73. The fourth-order valence-electron chi connectivity index (χ4n) is 4.11. The van der Waals surface area contributed by atoms with E-state index in [1.807, 2.05) is 30.3 Å². The van der Waals surface area contributed by atoms with Gasteiger partial charge in [0.05, 0.1) is 28.7 Å². The maximum Gasteiger partial charge on any atom is 0.338 e. The normalized spacial score (nSPS) is 19.8. The summed E-state index contributed by atoms with van der Waals surface area (Å²) in [6, 6.07) is 22.1. The molecule has 0 amide bonds. The van der Waals surface area contributed by atoms with E-state index in [9.17, 15) is 18.3 Å². The second-order valence-corrected chi connectivity index (χ2v) is 10.3. The highest BCUT2D eigenvalue weighted by molar-refractivity contribution is 7.89. The van der Waals surface area contributed by atoms with Gasteiger partial charge in [0, 0.05) is 12.1 Å². The van der Waals surface area contributed by atoms with Crippen LogP contribution in [0, 0.1) is 0 Å². The van der Waals surface area contributed by atoms with Crippen molar-refractivity contribution in [2.24, 2.45) is 0 Å². The summed E-state index contributed by atoms with van der Waals surface area (Å²) in [6.07, 6.45) is -0.911. The van der Waals surface area contributed by atoms with Gasteiger partial charge in [0.25, 0.3) is 0 Å². The lowest BCUT2D eigenvalue weighted by atomic mass is 9.95. The van der Waals surface area contributed by atoms with E-state index >= 15 is 0 Å². The lowest BCUT2D eigenvalue weighted by Crippen LogP contribution is -2.48. The fourth-order valence-corrected chi connectivity index (χ4v) is 5.96. The number of nitrogens with zero attached hydrogens (tertiary/aromatic N) is 1. The molecule has 1 N–H and O–H groups in total. The van der Waals surface area contributed by atoms with Gasteiger partial charge in [-0.3, -0.25) is 0 Å². The maximum absolute atomic E-state index is 13.6. The number of aliphatic hydroxyl groups excluding tert-OH is 1. The summed E-state index contributed by atoms with van der Waals surface area (Å²) in [5.74, 6) is -0.406. The third-order valence-electron chi connectivity index (χ3n) is 5.72. The molecule has 6 nitrogen and oxygen atoms in total. The van der Waals surface area contributed by atoms with Crippen LogP contribution in [0.1, 0.15) is 47.0 Å². The van der Waals surface area contributed by atoms with Crippen LogP contribution in [0.4, 0.5) is 0 Å². The minimum absolute atomic E-state index is 0.136. The van der Waals surface area contributed by atoms with Crippen LogP contribution in [-0.2, 0) is 27.7 Å². The summed E-state index contributed by atoms with van der Waals surface area (Å²) < 4.78 is 33.7. The number of hydrogen-bond donors (Lipinski definition) is 1. The summed E-state index contributed by atoms with van der Waals surface area (Å²) in [7, 11) is -3.82. The number of fused-ring (bicyclic) bond motifs is 1. The van der Waals surface area contributed by atoms with Crippen molar-refractivity contribution in [3.8, 4) is 0 Å². The van der Waals surface area contributed by atoms with Gasteiger partial charge >= 0.3 is 5.97 Å². The summed E-state index contributed by atoms with van der Waals surface area (Å²) in [4.78, 5) is 12.3. The van der Waals surface area contributed by atoms with Crippen molar-refractivity contribution in [3.63, 3.8) is 0 Å². The molecule has 0 bridgehead atoms. The molecule has 3 aromatic carbocycles. The lowest BCUT2D eigenvalue weighted by molar-refractivity contribution is 0.0378. The highest BCUT2D eigenvalue weighted by Crippen LogP contribution is 2.39. The molecule has 0 unspecified atom stereocenters. The quantitative estimate of drug-likeness (QED) is 0.554. The van der Waals surface area contributed by atoms with Crippen LogP contribution in [0.2, 0.25) is 0 Å². The van der Waals surface area contributed by atoms with Crippen LogP contribution in [0.15, 0.2) is 83.8 Å². The van der Waals surface area contributed by atoms with Crippen LogP contribution >= 0.6 is 0 Å². The van der Waals surface area contributed by atoms with Crippen molar-refractivity contribution in [3.05, 3.63) is 101 Å². The Morgan fingerprint density at radius 3 is 2.24 bits per heavy atom. The largest absolute Gasteiger partial charge is 0.459 e. The van der Waals surface area contributed by atoms with Crippen LogP contribution in [0.25, 0.3) is 0 Å². The Hall–Kier alpha value is -3.00. The number of benzene rings is 3. The first-order valence-corrected chi connectivity index (χ1v) is 12.3. The van der Waals surface area contributed by atoms with Gasteiger partial charge < -0.3 is 9.84 Å². The van der Waals surface area contributed by atoms with Crippen LogP contribution in [-0.4, -0.2) is 35.9 Å². The SMILES string of the molecule is CC(C)OC(=O)c1ccc(C[C@@H]2[C@@H](O)c3ccccc3S(=O)(=O)N2Cc2ccccc2)cc1. The average Bonchev–Trinajstić information content (AvgIpc) is 2.80. The molecule has 1 aliphatic rings. The average molecular weight is 466 g/mol. The topological polar surface area (TPSA) is 83.9 Å². The van der Waals surface area contributed by atoms with Gasteiger partial charge in [0.1, 0.15) is 0 Å². The second-order valence-electron chi connectivity index (χ2n) is 8.44. The van der Waals surface area contributed by atoms with Crippen molar-refractivity contribution < 1.29 is 23.1 Å². The van der Waals surface area contributed by atoms with E-state index in [0.29, 0.717) is 17.5 Å². The Morgan fingerprint density at radius 1 is 0.939 bits per heavy atom. The molecule has 4 rings (SSSR count). The van der Waals surface area contributed by atoms with E-state index in [1.54, 1.807) is 56.3 Å². The number of hydrogen-bond acceptors (Lipinski definition) is 5. The summed E-state index contributed by atoms with van der Waals surface area (Å²) in [5.41, 5.74) is 2.48. The molecule has 172 valence electrons. The van der Waals surface area contributed by atoms with Crippen LogP contribution in [0.5, 0.6) is 0 Å². The highest BCUT2D eigenvalue weighted by Gasteiger charge is 2.43. The Kier molecular flexibility index (Phi) is 6.65. The van der Waals surface area contributed by atoms with Crippen LogP contribution < -0.4 is 0 Å². The molecule has 1 aliphatic heterocycles. The molecule has 0 saturated carbocycles.